The van der Waals surface area contributed by atoms with Gasteiger partial charge in [-0.2, -0.15) is 5.10 Å². The summed E-state index contributed by atoms with van der Waals surface area (Å²) in [7, 11) is 0. The average molecular weight is 398 g/mol. The highest BCUT2D eigenvalue weighted by molar-refractivity contribution is 7.20. The Hall–Kier alpha value is -2.85. The number of nitrogens with one attached hydrogen (secondary N) is 1. The van der Waals surface area contributed by atoms with Crippen LogP contribution in [-0.2, 0) is 6.54 Å². The number of aryl methyl sites for hydroxylation is 1. The minimum atomic E-state index is -0.248. The number of fused-ring (bicyclic) bond motifs is 1. The van der Waals surface area contributed by atoms with E-state index >= 15 is 0 Å². The number of halogens is 1. The lowest BCUT2D eigenvalue weighted by Crippen LogP contribution is -2.46. The number of imidazole rings is 1. The van der Waals surface area contributed by atoms with E-state index < -0.39 is 0 Å². The van der Waals surface area contributed by atoms with Crippen LogP contribution in [0.25, 0.3) is 16.2 Å². The van der Waals surface area contributed by atoms with Gasteiger partial charge in [-0.25, -0.2) is 18.9 Å². The van der Waals surface area contributed by atoms with Crippen molar-refractivity contribution in [3.05, 3.63) is 47.9 Å². The molecule has 3 aromatic heterocycles. The zero-order chi connectivity index (χ0) is 19.1. The summed E-state index contributed by atoms with van der Waals surface area (Å²) in [6, 6.07) is 6.36. The molecule has 1 aromatic carbocycles. The van der Waals surface area contributed by atoms with E-state index in [-0.39, 0.29) is 5.82 Å². The topological polar surface area (TPSA) is 78.2 Å². The molecule has 0 amide bonds. The molecule has 0 bridgehead atoms. The van der Waals surface area contributed by atoms with Crippen LogP contribution < -0.4 is 4.90 Å². The Labute approximate surface area is 164 Å². The Bertz CT molecular complexity index is 1060. The number of benzene rings is 1. The first-order chi connectivity index (χ1) is 13.6. The van der Waals surface area contributed by atoms with Gasteiger partial charge in [0, 0.05) is 31.7 Å². The quantitative estimate of drug-likeness (QED) is 0.569. The number of rotatable bonds is 4. The van der Waals surface area contributed by atoms with Crippen LogP contribution in [0.1, 0.15) is 11.6 Å². The molecule has 1 N–H and O–H groups in total. The van der Waals surface area contributed by atoms with Crippen molar-refractivity contribution in [1.29, 1.82) is 0 Å². The molecule has 5 rings (SSSR count). The summed E-state index contributed by atoms with van der Waals surface area (Å²) in [5.74, 6) is 1.44. The van der Waals surface area contributed by atoms with Gasteiger partial charge < -0.3 is 4.90 Å². The van der Waals surface area contributed by atoms with Crippen LogP contribution in [0.5, 0.6) is 0 Å². The van der Waals surface area contributed by atoms with E-state index in [1.165, 1.54) is 12.1 Å². The van der Waals surface area contributed by atoms with Crippen LogP contribution in [0.4, 0.5) is 9.52 Å². The standard InChI is InChI=1S/C18H19FN8S/c1-12-20-16(23-22-12)11-25-6-8-26(9-7-25)18-24-27-10-15(21-17(27)28-18)13-2-4-14(19)5-3-13/h2-5,10H,6-9,11H2,1H3,(H,20,22,23). The molecular formula is C18H19FN8S. The minimum absolute atomic E-state index is 0.248. The van der Waals surface area contributed by atoms with Crippen LogP contribution in [0.3, 0.4) is 0 Å². The number of nitrogens with zero attached hydrogens (tertiary/aromatic N) is 7. The maximum Gasteiger partial charge on any atom is 0.214 e. The summed E-state index contributed by atoms with van der Waals surface area (Å²) < 4.78 is 14.9. The monoisotopic (exact) mass is 398 g/mol. The SMILES string of the molecule is Cc1nc(CN2CCN(c3nn4cc(-c5ccc(F)cc5)nc4s3)CC2)n[nH]1. The molecule has 1 fully saturated rings. The van der Waals surface area contributed by atoms with Crippen LogP contribution in [0.2, 0.25) is 0 Å². The molecule has 28 heavy (non-hydrogen) atoms. The number of aromatic amines is 1. The van der Waals surface area contributed by atoms with E-state index in [4.69, 9.17) is 0 Å². The van der Waals surface area contributed by atoms with Crippen molar-refractivity contribution >= 4 is 21.4 Å². The summed E-state index contributed by atoms with van der Waals surface area (Å²) in [5.41, 5.74) is 1.69. The molecule has 0 aliphatic carbocycles. The maximum absolute atomic E-state index is 13.1. The highest BCUT2D eigenvalue weighted by Crippen LogP contribution is 2.27. The summed E-state index contributed by atoms with van der Waals surface area (Å²) in [5, 5.41) is 12.8. The van der Waals surface area contributed by atoms with Gasteiger partial charge >= 0.3 is 0 Å². The molecule has 8 nitrogen and oxygen atoms in total. The van der Waals surface area contributed by atoms with Crippen LogP contribution in [0.15, 0.2) is 30.5 Å². The van der Waals surface area contributed by atoms with Crippen molar-refractivity contribution in [1.82, 2.24) is 34.7 Å². The predicted molar refractivity (Wildman–Crippen MR) is 105 cm³/mol. The third kappa shape index (κ3) is 3.36. The van der Waals surface area contributed by atoms with E-state index in [2.05, 4.69) is 35.1 Å². The number of anilines is 1. The Kier molecular flexibility index (Phi) is 4.29. The number of hydrogen-bond acceptors (Lipinski definition) is 7. The number of aromatic nitrogens is 6. The number of piperazine rings is 1. The molecule has 1 aliphatic heterocycles. The molecule has 4 aromatic rings. The molecular weight excluding hydrogens is 379 g/mol. The van der Waals surface area contributed by atoms with Crippen molar-refractivity contribution in [3.63, 3.8) is 0 Å². The number of H-pyrrole nitrogens is 1. The zero-order valence-electron chi connectivity index (χ0n) is 15.3. The Morgan fingerprint density at radius 3 is 2.57 bits per heavy atom. The predicted octanol–water partition coefficient (Wildman–Crippen LogP) is 2.35. The zero-order valence-corrected chi connectivity index (χ0v) is 16.2. The van der Waals surface area contributed by atoms with Crippen molar-refractivity contribution in [3.8, 4) is 11.3 Å². The summed E-state index contributed by atoms with van der Waals surface area (Å²) in [4.78, 5) is 14.5. The molecule has 1 saturated heterocycles. The lowest BCUT2D eigenvalue weighted by molar-refractivity contribution is 0.244. The van der Waals surface area contributed by atoms with Gasteiger partial charge in [-0.05, 0) is 31.2 Å². The third-order valence-electron chi connectivity index (χ3n) is 4.82. The Morgan fingerprint density at radius 2 is 1.89 bits per heavy atom. The molecule has 0 atom stereocenters. The van der Waals surface area contributed by atoms with Gasteiger partial charge in [0.1, 0.15) is 11.6 Å². The first-order valence-electron chi connectivity index (χ1n) is 9.11. The summed E-state index contributed by atoms with van der Waals surface area (Å²) in [6.07, 6.45) is 1.89. The lowest BCUT2D eigenvalue weighted by atomic mass is 10.2. The van der Waals surface area contributed by atoms with E-state index in [1.807, 2.05) is 17.6 Å². The van der Waals surface area contributed by atoms with Crippen molar-refractivity contribution in [2.75, 3.05) is 31.1 Å². The maximum atomic E-state index is 13.1. The van der Waals surface area contributed by atoms with Gasteiger partial charge in [0.05, 0.1) is 18.4 Å². The van der Waals surface area contributed by atoms with E-state index in [0.717, 1.165) is 65.7 Å². The number of hydrogen-bond donors (Lipinski definition) is 1. The normalized spacial score (nSPS) is 15.6. The second kappa shape index (κ2) is 6.95. The van der Waals surface area contributed by atoms with Crippen molar-refractivity contribution in [2.24, 2.45) is 0 Å². The summed E-state index contributed by atoms with van der Waals surface area (Å²) >= 11 is 1.58. The first kappa shape index (κ1) is 17.3. The fourth-order valence-electron chi connectivity index (χ4n) is 3.33. The van der Waals surface area contributed by atoms with Crippen molar-refractivity contribution in [2.45, 2.75) is 13.5 Å². The highest BCUT2D eigenvalue weighted by atomic mass is 32.1. The van der Waals surface area contributed by atoms with E-state index in [9.17, 15) is 4.39 Å². The fraction of sp³-hybridized carbons (Fsp3) is 0.333. The van der Waals surface area contributed by atoms with E-state index in [1.54, 1.807) is 23.5 Å². The summed E-state index contributed by atoms with van der Waals surface area (Å²) in [6.45, 7) is 6.37. The lowest BCUT2D eigenvalue weighted by Gasteiger charge is -2.33. The average Bonchev–Trinajstić information content (AvgIpc) is 3.38. The molecule has 0 unspecified atom stereocenters. The van der Waals surface area contributed by atoms with Gasteiger partial charge in [0.2, 0.25) is 10.1 Å². The van der Waals surface area contributed by atoms with E-state index in [0.29, 0.717) is 0 Å². The molecule has 4 heterocycles. The highest BCUT2D eigenvalue weighted by Gasteiger charge is 2.21. The molecule has 10 heteroatoms. The van der Waals surface area contributed by atoms with Gasteiger partial charge in [-0.3, -0.25) is 10.00 Å². The minimum Gasteiger partial charge on any atom is -0.344 e. The van der Waals surface area contributed by atoms with Gasteiger partial charge in [-0.15, -0.1) is 5.10 Å². The molecule has 0 radical (unpaired) electrons. The second-order valence-electron chi connectivity index (χ2n) is 6.85. The second-order valence-corrected chi connectivity index (χ2v) is 7.78. The molecule has 144 valence electrons. The van der Waals surface area contributed by atoms with Crippen LogP contribution in [0, 0.1) is 12.7 Å². The Balaban J connectivity index is 1.25. The third-order valence-corrected chi connectivity index (χ3v) is 5.81. The largest absolute Gasteiger partial charge is 0.344 e. The molecule has 0 spiro atoms. The van der Waals surface area contributed by atoms with Crippen molar-refractivity contribution < 1.29 is 4.39 Å². The fourth-order valence-corrected chi connectivity index (χ4v) is 4.27. The Morgan fingerprint density at radius 1 is 1.11 bits per heavy atom. The molecule has 1 aliphatic rings. The smallest absolute Gasteiger partial charge is 0.214 e. The van der Waals surface area contributed by atoms with Crippen LogP contribution >= 0.6 is 11.3 Å². The first-order valence-corrected chi connectivity index (χ1v) is 9.93. The van der Waals surface area contributed by atoms with Gasteiger partial charge in [-0.1, -0.05) is 11.3 Å². The van der Waals surface area contributed by atoms with Gasteiger partial charge in [0.25, 0.3) is 0 Å². The molecule has 0 saturated carbocycles. The van der Waals surface area contributed by atoms with Crippen LogP contribution in [-0.4, -0.2) is 60.9 Å². The van der Waals surface area contributed by atoms with Gasteiger partial charge in [0.15, 0.2) is 5.82 Å².